The molecule has 9 heavy (non-hydrogen) atoms. The third-order valence-electron chi connectivity index (χ3n) is 0.505. The molecule has 0 aliphatic heterocycles. The van der Waals surface area contributed by atoms with Gasteiger partial charge in [0.25, 0.3) is 0 Å². The van der Waals surface area contributed by atoms with Crippen molar-refractivity contribution in [1.29, 1.82) is 0 Å². The quantitative estimate of drug-likeness (QED) is 0.314. The largest absolute Gasteiger partial charge is 0.394 e. The second-order valence-electron chi connectivity index (χ2n) is 1.23. The van der Waals surface area contributed by atoms with E-state index >= 15 is 0 Å². The predicted octanol–water partition coefficient (Wildman–Crippen LogP) is -1.33. The Labute approximate surface area is 54.6 Å². The molecule has 0 aromatic carbocycles. The van der Waals surface area contributed by atoms with Crippen molar-refractivity contribution in [2.45, 2.75) is 0 Å². The first kappa shape index (κ1) is 8.80. The van der Waals surface area contributed by atoms with Gasteiger partial charge in [-0.05, 0) is 0 Å². The van der Waals surface area contributed by atoms with Gasteiger partial charge in [0.1, 0.15) is 0 Å². The molecular weight excluding hydrogens is 126 g/mol. The molecule has 0 aromatic heterocycles. The van der Waals surface area contributed by atoms with E-state index in [9.17, 15) is 0 Å². The van der Waals surface area contributed by atoms with E-state index in [4.69, 9.17) is 10.2 Å². The first-order valence-corrected chi connectivity index (χ1v) is 2.62. The van der Waals surface area contributed by atoms with E-state index in [1.165, 1.54) is 0 Å². The Kier molecular flexibility index (Phi) is 7.63. The van der Waals surface area contributed by atoms with Crippen LogP contribution in [0.25, 0.3) is 0 Å². The van der Waals surface area contributed by atoms with Gasteiger partial charge in [0, 0.05) is 1.43 Å². The highest BCUT2D eigenvalue weighted by atomic mass is 16.9. The molecule has 0 bridgehead atoms. The van der Waals surface area contributed by atoms with Gasteiger partial charge in [-0.1, -0.05) is 5.64 Å². The Morgan fingerprint density at radius 3 is 1.89 bits per heavy atom. The highest BCUT2D eigenvalue weighted by Gasteiger charge is 1.83. The zero-order valence-electron chi connectivity index (χ0n) is 5.04. The van der Waals surface area contributed by atoms with Crippen LogP contribution in [0.4, 0.5) is 0 Å². The molecule has 0 fully saturated rings. The van der Waals surface area contributed by atoms with Crippen LogP contribution in [0.3, 0.4) is 0 Å². The van der Waals surface area contributed by atoms with Crippen LogP contribution in [0.15, 0.2) is 0 Å². The molecular formula is C4H13NO4. The lowest BCUT2D eigenvalue weighted by Crippen LogP contribution is -2.19. The summed E-state index contributed by atoms with van der Waals surface area (Å²) in [6, 6.07) is 0. The van der Waals surface area contributed by atoms with E-state index in [0.29, 0.717) is 0 Å². The van der Waals surface area contributed by atoms with Crippen LogP contribution in [0.5, 0.6) is 0 Å². The molecule has 58 valence electrons. The predicted molar refractivity (Wildman–Crippen MR) is 31.3 cm³/mol. The fourth-order valence-electron chi connectivity index (χ4n) is 0.216. The third kappa shape index (κ3) is 7.80. The Hall–Kier alpha value is -0.200. The first-order valence-electron chi connectivity index (χ1n) is 2.62. The van der Waals surface area contributed by atoms with Gasteiger partial charge >= 0.3 is 0 Å². The lowest BCUT2D eigenvalue weighted by atomic mass is 10.8. The zero-order chi connectivity index (χ0) is 6.95. The highest BCUT2D eigenvalue weighted by Crippen LogP contribution is 1.67. The number of rotatable bonds is 6. The topological polar surface area (TPSA) is 71.0 Å². The molecule has 0 saturated heterocycles. The van der Waals surface area contributed by atoms with Crippen LogP contribution in [-0.4, -0.2) is 36.6 Å². The Morgan fingerprint density at radius 2 is 1.56 bits per heavy atom. The fourth-order valence-corrected chi connectivity index (χ4v) is 0.216. The van der Waals surface area contributed by atoms with E-state index in [2.05, 4.69) is 15.3 Å². The molecule has 0 aliphatic rings. The van der Waals surface area contributed by atoms with Gasteiger partial charge < -0.3 is 10.2 Å². The van der Waals surface area contributed by atoms with Crippen LogP contribution in [-0.2, 0) is 9.68 Å². The second-order valence-corrected chi connectivity index (χ2v) is 1.23. The van der Waals surface area contributed by atoms with Crippen molar-refractivity contribution in [3.8, 4) is 0 Å². The number of aliphatic hydroxyl groups is 2. The minimum absolute atomic E-state index is 0. The van der Waals surface area contributed by atoms with Crippen LogP contribution in [0, 0.1) is 0 Å². The number of hydrogen-bond donors (Lipinski definition) is 3. The first-order chi connectivity index (χ1) is 4.41. The lowest BCUT2D eigenvalue weighted by Gasteiger charge is -2.01. The van der Waals surface area contributed by atoms with Crippen molar-refractivity contribution in [2.75, 3.05) is 26.4 Å². The molecule has 5 heteroatoms. The van der Waals surface area contributed by atoms with Gasteiger partial charge in [-0.3, -0.25) is 9.68 Å². The van der Waals surface area contributed by atoms with E-state index in [1.807, 2.05) is 0 Å². The molecule has 0 saturated carbocycles. The fraction of sp³-hybridized carbons (Fsp3) is 1.00. The van der Waals surface area contributed by atoms with Gasteiger partial charge in [0.15, 0.2) is 0 Å². The van der Waals surface area contributed by atoms with E-state index in [1.54, 1.807) is 0 Å². The molecule has 0 amide bonds. The van der Waals surface area contributed by atoms with Gasteiger partial charge in [-0.25, -0.2) is 0 Å². The summed E-state index contributed by atoms with van der Waals surface area (Å²) in [7, 11) is 0. The summed E-state index contributed by atoms with van der Waals surface area (Å²) < 4.78 is 0. The van der Waals surface area contributed by atoms with Gasteiger partial charge in [-0.2, -0.15) is 0 Å². The number of hydrogen-bond acceptors (Lipinski definition) is 5. The number of nitrogens with one attached hydrogen (secondary N) is 1. The van der Waals surface area contributed by atoms with E-state index < -0.39 is 0 Å². The zero-order valence-corrected chi connectivity index (χ0v) is 5.04. The lowest BCUT2D eigenvalue weighted by molar-refractivity contribution is -0.178. The van der Waals surface area contributed by atoms with Crippen molar-refractivity contribution in [3.63, 3.8) is 0 Å². The molecule has 0 unspecified atom stereocenters. The summed E-state index contributed by atoms with van der Waals surface area (Å²) in [4.78, 5) is 8.90. The molecule has 0 heterocycles. The van der Waals surface area contributed by atoms with Crippen LogP contribution in [0.1, 0.15) is 1.43 Å². The second kappa shape index (κ2) is 7.80. The van der Waals surface area contributed by atoms with Crippen LogP contribution in [0.2, 0.25) is 0 Å². The van der Waals surface area contributed by atoms with Crippen LogP contribution >= 0.6 is 0 Å². The molecule has 0 rings (SSSR count). The minimum atomic E-state index is -0.0600. The normalized spacial score (nSPS) is 10.0. The average Bonchev–Trinajstić information content (AvgIpc) is 1.89. The molecule has 0 aromatic rings. The Balaban J connectivity index is 0. The van der Waals surface area contributed by atoms with Crippen molar-refractivity contribution in [1.82, 2.24) is 5.64 Å². The monoisotopic (exact) mass is 139 g/mol. The summed E-state index contributed by atoms with van der Waals surface area (Å²) in [6.45, 7) is 0.224. The van der Waals surface area contributed by atoms with Crippen molar-refractivity contribution < 1.29 is 21.3 Å². The molecule has 0 aliphatic carbocycles. The number of aliphatic hydroxyl groups excluding tert-OH is 2. The van der Waals surface area contributed by atoms with Crippen molar-refractivity contribution in [3.05, 3.63) is 0 Å². The average molecular weight is 139 g/mol. The third-order valence-corrected chi connectivity index (χ3v) is 0.505. The van der Waals surface area contributed by atoms with Crippen molar-refractivity contribution in [2.24, 2.45) is 0 Å². The van der Waals surface area contributed by atoms with Gasteiger partial charge in [0.2, 0.25) is 0 Å². The Bertz CT molecular complexity index is 50.5. The molecule has 3 N–H and O–H groups in total. The van der Waals surface area contributed by atoms with Gasteiger partial charge in [0.05, 0.1) is 26.4 Å². The summed E-state index contributed by atoms with van der Waals surface area (Å²) in [5.74, 6) is 0. The summed E-state index contributed by atoms with van der Waals surface area (Å²) in [5.41, 5.74) is 2.07. The maximum atomic E-state index is 8.15. The molecule has 0 spiro atoms. The maximum Gasteiger partial charge on any atom is 0.0940 e. The summed E-state index contributed by atoms with van der Waals surface area (Å²) in [5, 5.41) is 16.3. The summed E-state index contributed by atoms with van der Waals surface area (Å²) >= 11 is 0. The molecule has 0 radical (unpaired) electrons. The van der Waals surface area contributed by atoms with Crippen LogP contribution < -0.4 is 5.64 Å². The SMILES string of the molecule is OCCONOCCO.[HH]. The van der Waals surface area contributed by atoms with Gasteiger partial charge in [-0.15, -0.1) is 0 Å². The smallest absolute Gasteiger partial charge is 0.0940 e. The standard InChI is InChI=1S/C4H11NO4.H2/c6-1-3-8-5-9-4-2-7;/h5-7H,1-4H2;1H. The van der Waals surface area contributed by atoms with E-state index in [-0.39, 0.29) is 27.9 Å². The summed E-state index contributed by atoms with van der Waals surface area (Å²) in [6.07, 6.45) is 0. The highest BCUT2D eigenvalue weighted by molar-refractivity contribution is 4.16. The van der Waals surface area contributed by atoms with Crippen molar-refractivity contribution >= 4 is 0 Å². The molecule has 5 nitrogen and oxygen atoms in total. The van der Waals surface area contributed by atoms with E-state index in [0.717, 1.165) is 0 Å². The molecule has 0 atom stereocenters. The minimum Gasteiger partial charge on any atom is -0.394 e. The maximum absolute atomic E-state index is 8.15. The Morgan fingerprint density at radius 1 is 1.11 bits per heavy atom.